The molecule has 0 saturated heterocycles. The molecule has 1 unspecified atom stereocenters. The summed E-state index contributed by atoms with van der Waals surface area (Å²) < 4.78 is 22.4. The lowest BCUT2D eigenvalue weighted by Gasteiger charge is -2.25. The number of nitrogens with one attached hydrogen (secondary N) is 2. The van der Waals surface area contributed by atoms with Gasteiger partial charge in [-0.25, -0.2) is 13.6 Å². The number of carbonyl (C=O) groups is 1. The van der Waals surface area contributed by atoms with Gasteiger partial charge in [0.05, 0.1) is 10.9 Å². The quantitative estimate of drug-likeness (QED) is 0.706. The fraction of sp³-hybridized carbons (Fsp3) is 0.278. The molecule has 0 spiro atoms. The molecule has 0 aromatic heterocycles. The lowest BCUT2D eigenvalue weighted by Crippen LogP contribution is -2.48. The molecule has 1 heterocycles. The van der Waals surface area contributed by atoms with Gasteiger partial charge in [-0.3, -0.25) is 4.79 Å². The van der Waals surface area contributed by atoms with E-state index < -0.39 is 10.0 Å². The van der Waals surface area contributed by atoms with Crippen LogP contribution in [0.5, 0.6) is 0 Å². The summed E-state index contributed by atoms with van der Waals surface area (Å²) in [5, 5.41) is 11.3. The van der Waals surface area contributed by atoms with Gasteiger partial charge in [-0.15, -0.1) is 12.4 Å². The van der Waals surface area contributed by atoms with Crippen LogP contribution in [0.3, 0.4) is 0 Å². The van der Waals surface area contributed by atoms with Gasteiger partial charge in [0.25, 0.3) is 0 Å². The number of benzene rings is 2. The van der Waals surface area contributed by atoms with Crippen LogP contribution in [0.2, 0.25) is 0 Å². The summed E-state index contributed by atoms with van der Waals surface area (Å²) in [7, 11) is -3.67. The van der Waals surface area contributed by atoms with Crippen molar-refractivity contribution in [2.45, 2.75) is 30.3 Å². The van der Waals surface area contributed by atoms with Gasteiger partial charge in [0, 0.05) is 13.1 Å². The molecule has 6 nitrogen and oxygen atoms in total. The Kier molecular flexibility index (Phi) is 6.77. The molecule has 1 amide bonds. The minimum absolute atomic E-state index is 0. The average Bonchev–Trinajstić information content (AvgIpc) is 2.61. The van der Waals surface area contributed by atoms with E-state index in [1.807, 2.05) is 12.1 Å². The smallest absolute Gasteiger partial charge is 0.238 e. The van der Waals surface area contributed by atoms with Crippen molar-refractivity contribution in [3.8, 4) is 0 Å². The van der Waals surface area contributed by atoms with Crippen molar-refractivity contribution >= 4 is 28.3 Å². The molecule has 4 N–H and O–H groups in total. The molecule has 3 rings (SSSR count). The van der Waals surface area contributed by atoms with Crippen LogP contribution < -0.4 is 15.8 Å². The largest absolute Gasteiger partial charge is 0.354 e. The van der Waals surface area contributed by atoms with Crippen LogP contribution in [-0.2, 0) is 34.2 Å². The molecule has 1 aliphatic rings. The first-order valence-electron chi connectivity index (χ1n) is 8.13. The predicted molar refractivity (Wildman–Crippen MR) is 103 cm³/mol. The van der Waals surface area contributed by atoms with E-state index in [1.54, 1.807) is 12.1 Å². The first kappa shape index (κ1) is 20.4. The Morgan fingerprint density at radius 1 is 1.12 bits per heavy atom. The van der Waals surface area contributed by atoms with Crippen LogP contribution >= 0.6 is 12.4 Å². The number of fused-ring (bicyclic) bond motifs is 1. The topological polar surface area (TPSA) is 101 Å². The number of hydrogen-bond acceptors (Lipinski definition) is 4. The molecule has 0 radical (unpaired) electrons. The van der Waals surface area contributed by atoms with Gasteiger partial charge in [-0.05, 0) is 41.7 Å². The van der Waals surface area contributed by atoms with Crippen LogP contribution in [0.1, 0.15) is 16.7 Å². The minimum Gasteiger partial charge on any atom is -0.354 e. The second kappa shape index (κ2) is 8.64. The van der Waals surface area contributed by atoms with Crippen molar-refractivity contribution in [2.75, 3.05) is 6.54 Å². The van der Waals surface area contributed by atoms with E-state index >= 15 is 0 Å². The van der Waals surface area contributed by atoms with Crippen LogP contribution in [-0.4, -0.2) is 26.9 Å². The van der Waals surface area contributed by atoms with Gasteiger partial charge in [0.2, 0.25) is 15.9 Å². The number of halogens is 1. The van der Waals surface area contributed by atoms with E-state index in [-0.39, 0.29) is 29.3 Å². The van der Waals surface area contributed by atoms with E-state index in [0.717, 1.165) is 5.56 Å². The fourth-order valence-corrected chi connectivity index (χ4v) is 3.45. The molecular weight excluding hydrogens is 374 g/mol. The Morgan fingerprint density at radius 3 is 2.42 bits per heavy atom. The highest BCUT2D eigenvalue weighted by Gasteiger charge is 2.23. The van der Waals surface area contributed by atoms with Crippen molar-refractivity contribution in [3.05, 3.63) is 65.2 Å². The van der Waals surface area contributed by atoms with Crippen LogP contribution in [0, 0.1) is 0 Å². The van der Waals surface area contributed by atoms with Crippen LogP contribution in [0.25, 0.3) is 0 Å². The van der Waals surface area contributed by atoms with Crippen LogP contribution in [0.15, 0.2) is 53.4 Å². The maximum atomic E-state index is 12.3. The molecule has 0 aliphatic carbocycles. The molecule has 1 aliphatic heterocycles. The Hall–Kier alpha value is -1.93. The first-order valence-corrected chi connectivity index (χ1v) is 9.68. The zero-order chi connectivity index (χ0) is 17.9. The summed E-state index contributed by atoms with van der Waals surface area (Å²) in [5.41, 5.74) is 3.39. The lowest BCUT2D eigenvalue weighted by molar-refractivity contribution is -0.123. The van der Waals surface area contributed by atoms with Gasteiger partial charge >= 0.3 is 0 Å². The first-order chi connectivity index (χ1) is 11.9. The number of hydrogen-bond donors (Lipinski definition) is 3. The third-order valence-corrected chi connectivity index (χ3v) is 5.29. The fourth-order valence-electron chi connectivity index (χ4n) is 2.94. The van der Waals surface area contributed by atoms with Crippen molar-refractivity contribution in [3.63, 3.8) is 0 Å². The predicted octanol–water partition coefficient (Wildman–Crippen LogP) is 1.13. The number of rotatable bonds is 5. The summed E-state index contributed by atoms with van der Waals surface area (Å²) in [4.78, 5) is 12.4. The molecule has 140 valence electrons. The Balaban J connectivity index is 0.00000243. The van der Waals surface area contributed by atoms with Crippen molar-refractivity contribution < 1.29 is 13.2 Å². The number of sulfonamides is 1. The van der Waals surface area contributed by atoms with Gasteiger partial charge in [0.1, 0.15) is 0 Å². The molecule has 8 heteroatoms. The molecular formula is C18H22ClN3O3S. The zero-order valence-corrected chi connectivity index (χ0v) is 15.8. The average molecular weight is 396 g/mol. The number of primary sulfonamides is 1. The van der Waals surface area contributed by atoms with Gasteiger partial charge in [-0.2, -0.15) is 0 Å². The SMILES string of the molecule is Cl.NS(=O)(=O)c1ccc(CCNC(=O)C2Cc3ccccc3CN2)cc1. The Morgan fingerprint density at radius 2 is 1.77 bits per heavy atom. The highest BCUT2D eigenvalue weighted by molar-refractivity contribution is 7.89. The van der Waals surface area contributed by atoms with Gasteiger partial charge in [0.15, 0.2) is 0 Å². The lowest BCUT2D eigenvalue weighted by atomic mass is 9.95. The van der Waals surface area contributed by atoms with Crippen molar-refractivity contribution in [1.82, 2.24) is 10.6 Å². The second-order valence-corrected chi connectivity index (χ2v) is 7.70. The van der Waals surface area contributed by atoms with Crippen LogP contribution in [0.4, 0.5) is 0 Å². The van der Waals surface area contributed by atoms with Gasteiger partial charge < -0.3 is 10.6 Å². The third kappa shape index (κ3) is 5.04. The van der Waals surface area contributed by atoms with Crippen molar-refractivity contribution in [1.29, 1.82) is 0 Å². The summed E-state index contributed by atoms with van der Waals surface area (Å²) in [6, 6.07) is 14.3. The highest BCUT2D eigenvalue weighted by Crippen LogP contribution is 2.16. The Labute approximate surface area is 159 Å². The molecule has 1 atom stereocenters. The number of amides is 1. The maximum Gasteiger partial charge on any atom is 0.238 e. The van der Waals surface area contributed by atoms with Crippen molar-refractivity contribution in [2.24, 2.45) is 5.14 Å². The monoisotopic (exact) mass is 395 g/mol. The normalized spacial score (nSPS) is 16.3. The zero-order valence-electron chi connectivity index (χ0n) is 14.1. The van der Waals surface area contributed by atoms with E-state index in [4.69, 9.17) is 5.14 Å². The summed E-state index contributed by atoms with van der Waals surface area (Å²) >= 11 is 0. The summed E-state index contributed by atoms with van der Waals surface area (Å²) in [6.07, 6.45) is 1.31. The Bertz CT molecular complexity index is 870. The van der Waals surface area contributed by atoms with E-state index in [2.05, 4.69) is 22.8 Å². The molecule has 0 fully saturated rings. The maximum absolute atomic E-state index is 12.3. The number of nitrogens with two attached hydrogens (primary N) is 1. The summed E-state index contributed by atoms with van der Waals surface area (Å²) in [6.45, 7) is 1.19. The number of carbonyl (C=O) groups excluding carboxylic acids is 1. The molecule has 0 saturated carbocycles. The molecule has 26 heavy (non-hydrogen) atoms. The van der Waals surface area contributed by atoms with E-state index in [0.29, 0.717) is 25.9 Å². The third-order valence-electron chi connectivity index (χ3n) is 4.36. The summed E-state index contributed by atoms with van der Waals surface area (Å²) in [5.74, 6) is -0.0179. The molecule has 2 aromatic rings. The molecule has 0 bridgehead atoms. The minimum atomic E-state index is -3.67. The molecule has 2 aromatic carbocycles. The van der Waals surface area contributed by atoms with E-state index in [9.17, 15) is 13.2 Å². The second-order valence-electron chi connectivity index (χ2n) is 6.14. The van der Waals surface area contributed by atoms with Gasteiger partial charge in [-0.1, -0.05) is 36.4 Å². The van der Waals surface area contributed by atoms with E-state index in [1.165, 1.54) is 23.3 Å². The standard InChI is InChI=1S/C18H21N3O3S.ClH/c19-25(23,24)16-7-5-13(6-8-16)9-10-20-18(22)17-11-14-3-1-2-4-15(14)12-21-17;/h1-8,17,21H,9-12H2,(H,20,22)(H2,19,23,24);1H. The highest BCUT2D eigenvalue weighted by atomic mass is 35.5.